The van der Waals surface area contributed by atoms with Crippen molar-refractivity contribution in [1.29, 1.82) is 0 Å². The second kappa shape index (κ2) is 12.3. The summed E-state index contributed by atoms with van der Waals surface area (Å²) in [7, 11) is 0. The molecular formula is C25H29IN4O2. The molecule has 1 aliphatic rings. The predicted molar refractivity (Wildman–Crippen MR) is 138 cm³/mol. The zero-order valence-electron chi connectivity index (χ0n) is 18.0. The highest BCUT2D eigenvalue weighted by molar-refractivity contribution is 14.0. The van der Waals surface area contributed by atoms with Gasteiger partial charge in [0.2, 0.25) is 5.91 Å². The van der Waals surface area contributed by atoms with Gasteiger partial charge in [-0.15, -0.1) is 24.0 Å². The van der Waals surface area contributed by atoms with Gasteiger partial charge >= 0.3 is 0 Å². The van der Waals surface area contributed by atoms with Crippen LogP contribution in [0, 0.1) is 0 Å². The van der Waals surface area contributed by atoms with Crippen molar-refractivity contribution in [3.05, 3.63) is 89.9 Å². The molecule has 1 aromatic heterocycles. The van der Waals surface area contributed by atoms with E-state index >= 15 is 0 Å². The molecule has 0 radical (unpaired) electrons. The van der Waals surface area contributed by atoms with Crippen LogP contribution in [-0.4, -0.2) is 25.0 Å². The molecule has 6 nitrogen and oxygen atoms in total. The molecule has 1 saturated heterocycles. The average molecular weight is 544 g/mol. The molecule has 3 aromatic rings. The predicted octanol–water partition coefficient (Wildman–Crippen LogP) is 4.50. The van der Waals surface area contributed by atoms with Gasteiger partial charge in [-0.25, -0.2) is 4.99 Å². The van der Waals surface area contributed by atoms with Crippen LogP contribution < -0.4 is 15.5 Å². The van der Waals surface area contributed by atoms with Gasteiger partial charge in [0.25, 0.3) is 0 Å². The zero-order valence-corrected chi connectivity index (χ0v) is 20.3. The minimum atomic E-state index is 0. The SMILES string of the molecule is I.O=C1CCCN1c1ccc(CNC(=NCc2ccccc2)NCCc2ccco2)cc1. The first-order valence-corrected chi connectivity index (χ1v) is 10.8. The highest BCUT2D eigenvalue weighted by atomic mass is 127. The molecule has 0 unspecified atom stereocenters. The van der Waals surface area contributed by atoms with Crippen molar-refractivity contribution in [2.24, 2.45) is 4.99 Å². The Balaban J connectivity index is 0.00000289. The number of carbonyl (C=O) groups is 1. The van der Waals surface area contributed by atoms with Crippen molar-refractivity contribution in [1.82, 2.24) is 10.6 Å². The number of hydrogen-bond acceptors (Lipinski definition) is 3. The largest absolute Gasteiger partial charge is 0.469 e. The van der Waals surface area contributed by atoms with Crippen molar-refractivity contribution in [3.63, 3.8) is 0 Å². The van der Waals surface area contributed by atoms with E-state index in [2.05, 4.69) is 34.9 Å². The van der Waals surface area contributed by atoms with Crippen molar-refractivity contribution >= 4 is 41.5 Å². The Hall–Kier alpha value is -2.81. The third-order valence-corrected chi connectivity index (χ3v) is 5.29. The third-order valence-electron chi connectivity index (χ3n) is 5.29. The number of rotatable bonds is 8. The first kappa shape index (κ1) is 23.8. The van der Waals surface area contributed by atoms with Crippen LogP contribution in [0.3, 0.4) is 0 Å². The highest BCUT2D eigenvalue weighted by Crippen LogP contribution is 2.21. The summed E-state index contributed by atoms with van der Waals surface area (Å²) in [6.07, 6.45) is 4.07. The molecule has 32 heavy (non-hydrogen) atoms. The van der Waals surface area contributed by atoms with E-state index in [1.54, 1.807) is 6.26 Å². The first-order valence-electron chi connectivity index (χ1n) is 10.8. The molecule has 1 aliphatic heterocycles. The number of furan rings is 1. The van der Waals surface area contributed by atoms with Gasteiger partial charge in [-0.1, -0.05) is 42.5 Å². The van der Waals surface area contributed by atoms with Crippen molar-refractivity contribution in [2.75, 3.05) is 18.0 Å². The summed E-state index contributed by atoms with van der Waals surface area (Å²) in [5.41, 5.74) is 3.27. The number of guanidine groups is 1. The molecule has 0 aliphatic carbocycles. The monoisotopic (exact) mass is 544 g/mol. The fraction of sp³-hybridized carbons (Fsp3) is 0.280. The van der Waals surface area contributed by atoms with E-state index in [1.807, 2.05) is 47.4 Å². The van der Waals surface area contributed by atoms with Crippen molar-refractivity contribution in [3.8, 4) is 0 Å². The maximum absolute atomic E-state index is 11.9. The van der Waals surface area contributed by atoms with Gasteiger partial charge in [0.1, 0.15) is 5.76 Å². The van der Waals surface area contributed by atoms with Crippen LogP contribution in [0.2, 0.25) is 0 Å². The van der Waals surface area contributed by atoms with E-state index in [0.717, 1.165) is 54.5 Å². The molecule has 0 spiro atoms. The van der Waals surface area contributed by atoms with Gasteiger partial charge in [0.05, 0.1) is 12.8 Å². The second-order valence-electron chi connectivity index (χ2n) is 7.58. The van der Waals surface area contributed by atoms with Gasteiger partial charge in [0, 0.05) is 38.2 Å². The Bertz CT molecular complexity index is 989. The molecule has 1 fully saturated rings. The standard InChI is InChI=1S/C25H28N4O2.HI/c30-24-9-4-16-29(24)22-12-10-21(11-13-22)19-28-25(26-15-14-23-8-5-17-31-23)27-18-20-6-2-1-3-7-20;/h1-3,5-8,10-13,17H,4,9,14-16,18-19H2,(H2,26,27,28);1H. The topological polar surface area (TPSA) is 69.9 Å². The second-order valence-corrected chi connectivity index (χ2v) is 7.58. The summed E-state index contributed by atoms with van der Waals surface area (Å²) in [6.45, 7) is 2.79. The molecule has 168 valence electrons. The molecule has 0 atom stereocenters. The summed E-state index contributed by atoms with van der Waals surface area (Å²) in [5.74, 6) is 1.91. The van der Waals surface area contributed by atoms with E-state index in [4.69, 9.17) is 9.41 Å². The number of nitrogens with zero attached hydrogens (tertiary/aromatic N) is 2. The van der Waals surface area contributed by atoms with Crippen LogP contribution in [-0.2, 0) is 24.3 Å². The van der Waals surface area contributed by atoms with Crippen LogP contribution in [0.15, 0.2) is 82.4 Å². The number of hydrogen-bond donors (Lipinski definition) is 2. The van der Waals surface area contributed by atoms with Gasteiger partial charge in [-0.3, -0.25) is 4.79 Å². The van der Waals surface area contributed by atoms with Crippen LogP contribution in [0.5, 0.6) is 0 Å². The van der Waals surface area contributed by atoms with Gasteiger partial charge in [-0.2, -0.15) is 0 Å². The number of carbonyl (C=O) groups excluding carboxylic acids is 1. The number of amides is 1. The Morgan fingerprint density at radius 1 is 0.969 bits per heavy atom. The highest BCUT2D eigenvalue weighted by Gasteiger charge is 2.21. The Kier molecular flexibility index (Phi) is 9.15. The summed E-state index contributed by atoms with van der Waals surface area (Å²) in [4.78, 5) is 18.5. The molecule has 2 heterocycles. The summed E-state index contributed by atoms with van der Waals surface area (Å²) in [5, 5.41) is 6.80. The van der Waals surface area contributed by atoms with E-state index in [-0.39, 0.29) is 29.9 Å². The quantitative estimate of drug-likeness (QED) is 0.249. The summed E-state index contributed by atoms with van der Waals surface area (Å²) >= 11 is 0. The van der Waals surface area contributed by atoms with Crippen molar-refractivity contribution in [2.45, 2.75) is 32.4 Å². The maximum Gasteiger partial charge on any atom is 0.227 e. The lowest BCUT2D eigenvalue weighted by atomic mass is 10.2. The lowest BCUT2D eigenvalue weighted by Crippen LogP contribution is -2.38. The molecule has 7 heteroatoms. The number of nitrogens with one attached hydrogen (secondary N) is 2. The summed E-state index contributed by atoms with van der Waals surface area (Å²) < 4.78 is 5.41. The fourth-order valence-electron chi connectivity index (χ4n) is 3.59. The molecular weight excluding hydrogens is 515 g/mol. The number of anilines is 1. The van der Waals surface area contributed by atoms with Gasteiger partial charge in [0.15, 0.2) is 5.96 Å². The van der Waals surface area contributed by atoms with Gasteiger partial charge < -0.3 is 20.0 Å². The molecule has 0 bridgehead atoms. The third kappa shape index (κ3) is 6.85. The van der Waals surface area contributed by atoms with E-state index < -0.39 is 0 Å². The molecule has 2 N–H and O–H groups in total. The minimum Gasteiger partial charge on any atom is -0.469 e. The molecule has 1 amide bonds. The first-order chi connectivity index (χ1) is 15.3. The number of benzene rings is 2. The normalized spacial score (nSPS) is 13.7. The molecule has 4 rings (SSSR count). The average Bonchev–Trinajstić information content (AvgIpc) is 3.48. The van der Waals surface area contributed by atoms with Crippen LogP contribution in [0.25, 0.3) is 0 Å². The van der Waals surface area contributed by atoms with E-state index in [1.165, 1.54) is 0 Å². The van der Waals surface area contributed by atoms with Crippen LogP contribution in [0.1, 0.15) is 29.7 Å². The van der Waals surface area contributed by atoms with Gasteiger partial charge in [-0.05, 0) is 41.8 Å². The Morgan fingerprint density at radius 2 is 1.78 bits per heavy atom. The Morgan fingerprint density at radius 3 is 2.47 bits per heavy atom. The van der Waals surface area contributed by atoms with Crippen molar-refractivity contribution < 1.29 is 9.21 Å². The zero-order chi connectivity index (χ0) is 21.3. The lowest BCUT2D eigenvalue weighted by molar-refractivity contribution is -0.117. The van der Waals surface area contributed by atoms with E-state index in [9.17, 15) is 4.79 Å². The minimum absolute atomic E-state index is 0. The lowest BCUT2D eigenvalue weighted by Gasteiger charge is -2.16. The van der Waals surface area contributed by atoms with E-state index in [0.29, 0.717) is 19.5 Å². The molecule has 2 aromatic carbocycles. The summed E-state index contributed by atoms with van der Waals surface area (Å²) in [6, 6.07) is 22.2. The number of halogens is 1. The maximum atomic E-state index is 11.9. The Labute approximate surface area is 206 Å². The fourth-order valence-corrected chi connectivity index (χ4v) is 3.59. The van der Waals surface area contributed by atoms with Crippen LogP contribution in [0.4, 0.5) is 5.69 Å². The number of aliphatic imine (C=N–C) groups is 1. The van der Waals surface area contributed by atoms with Crippen LogP contribution >= 0.6 is 24.0 Å². The smallest absolute Gasteiger partial charge is 0.227 e. The molecule has 0 saturated carbocycles.